The van der Waals surface area contributed by atoms with Gasteiger partial charge in [0.2, 0.25) is 0 Å². The van der Waals surface area contributed by atoms with Crippen molar-refractivity contribution in [2.24, 2.45) is 0 Å². The molecule has 0 atom stereocenters. The molecule has 0 radical (unpaired) electrons. The van der Waals surface area contributed by atoms with Gasteiger partial charge in [-0.05, 0) is 24.6 Å². The van der Waals surface area contributed by atoms with Gasteiger partial charge in [0.25, 0.3) is 0 Å². The number of para-hydroxylation sites is 1. The standard InChI is InChI=1S/C17H15N5/c1-13-16-17(22(19-13)15-10-6-3-7-11-15)21(20-18-16)12-14-8-4-2-5-9-14/h2-11H,12H2,1H3. The summed E-state index contributed by atoms with van der Waals surface area (Å²) in [5.41, 5.74) is 4.86. The molecule has 5 nitrogen and oxygen atoms in total. The van der Waals surface area contributed by atoms with E-state index in [0.717, 1.165) is 22.5 Å². The predicted octanol–water partition coefficient (Wildman–Crippen LogP) is 2.97. The zero-order valence-electron chi connectivity index (χ0n) is 12.2. The van der Waals surface area contributed by atoms with Gasteiger partial charge >= 0.3 is 0 Å². The number of hydrogen-bond acceptors (Lipinski definition) is 3. The van der Waals surface area contributed by atoms with Crippen molar-refractivity contribution in [2.45, 2.75) is 13.5 Å². The highest BCUT2D eigenvalue weighted by Crippen LogP contribution is 2.20. The van der Waals surface area contributed by atoms with Gasteiger partial charge in [0.15, 0.2) is 11.2 Å². The first-order chi connectivity index (χ1) is 10.8. The Hall–Kier alpha value is -2.95. The van der Waals surface area contributed by atoms with Gasteiger partial charge in [-0.1, -0.05) is 53.7 Å². The largest absolute Gasteiger partial charge is 0.222 e. The van der Waals surface area contributed by atoms with Crippen molar-refractivity contribution in [3.05, 3.63) is 71.9 Å². The lowest BCUT2D eigenvalue weighted by molar-refractivity contribution is 0.647. The van der Waals surface area contributed by atoms with Crippen molar-refractivity contribution >= 4 is 11.2 Å². The van der Waals surface area contributed by atoms with E-state index in [1.807, 2.05) is 64.8 Å². The number of hydrogen-bond donors (Lipinski definition) is 0. The zero-order valence-corrected chi connectivity index (χ0v) is 12.2. The van der Waals surface area contributed by atoms with Gasteiger partial charge in [-0.2, -0.15) is 5.10 Å². The maximum atomic E-state index is 4.62. The van der Waals surface area contributed by atoms with E-state index < -0.39 is 0 Å². The molecular weight excluding hydrogens is 274 g/mol. The Balaban J connectivity index is 1.87. The van der Waals surface area contributed by atoms with E-state index in [1.165, 1.54) is 5.56 Å². The van der Waals surface area contributed by atoms with Crippen LogP contribution in [0.2, 0.25) is 0 Å². The van der Waals surface area contributed by atoms with Crippen LogP contribution in [0.5, 0.6) is 0 Å². The molecule has 22 heavy (non-hydrogen) atoms. The summed E-state index contributed by atoms with van der Waals surface area (Å²) in [4.78, 5) is 0. The molecule has 0 unspecified atom stereocenters. The first-order valence-corrected chi connectivity index (χ1v) is 7.21. The average Bonchev–Trinajstić information content (AvgIpc) is 3.12. The van der Waals surface area contributed by atoms with E-state index in [0.29, 0.717) is 6.54 Å². The van der Waals surface area contributed by atoms with Crippen molar-refractivity contribution in [1.29, 1.82) is 0 Å². The Morgan fingerprint density at radius 3 is 2.32 bits per heavy atom. The Labute approximate surface area is 127 Å². The summed E-state index contributed by atoms with van der Waals surface area (Å²) in [6.07, 6.45) is 0. The van der Waals surface area contributed by atoms with Crippen molar-refractivity contribution in [2.75, 3.05) is 0 Å². The smallest absolute Gasteiger partial charge is 0.182 e. The highest BCUT2D eigenvalue weighted by Gasteiger charge is 2.16. The van der Waals surface area contributed by atoms with Crippen molar-refractivity contribution in [3.8, 4) is 5.69 Å². The van der Waals surface area contributed by atoms with Gasteiger partial charge < -0.3 is 0 Å². The zero-order chi connectivity index (χ0) is 14.9. The van der Waals surface area contributed by atoms with Gasteiger partial charge in [-0.25, -0.2) is 9.36 Å². The molecule has 0 saturated heterocycles. The lowest BCUT2D eigenvalue weighted by Crippen LogP contribution is -2.07. The van der Waals surface area contributed by atoms with Crippen LogP contribution in [-0.4, -0.2) is 24.8 Å². The summed E-state index contributed by atoms with van der Waals surface area (Å²) in [6, 6.07) is 20.3. The monoisotopic (exact) mass is 289 g/mol. The molecule has 0 aliphatic heterocycles. The molecule has 2 aromatic carbocycles. The quantitative estimate of drug-likeness (QED) is 0.582. The van der Waals surface area contributed by atoms with E-state index in [2.05, 4.69) is 27.5 Å². The molecule has 0 spiro atoms. The van der Waals surface area contributed by atoms with Crippen LogP contribution >= 0.6 is 0 Å². The maximum Gasteiger partial charge on any atom is 0.182 e. The second kappa shape index (κ2) is 5.11. The van der Waals surface area contributed by atoms with Crippen LogP contribution in [0, 0.1) is 6.92 Å². The number of nitrogens with zero attached hydrogens (tertiary/aromatic N) is 5. The van der Waals surface area contributed by atoms with E-state index in [1.54, 1.807) is 0 Å². The molecule has 4 aromatic rings. The first-order valence-electron chi connectivity index (χ1n) is 7.21. The Morgan fingerprint density at radius 1 is 0.909 bits per heavy atom. The predicted molar refractivity (Wildman–Crippen MR) is 84.9 cm³/mol. The molecule has 0 amide bonds. The number of rotatable bonds is 3. The molecule has 0 N–H and O–H groups in total. The Kier molecular flexibility index (Phi) is 2.96. The normalized spacial score (nSPS) is 11.1. The summed E-state index contributed by atoms with van der Waals surface area (Å²) < 4.78 is 3.81. The summed E-state index contributed by atoms with van der Waals surface area (Å²) in [5, 5.41) is 13.2. The van der Waals surface area contributed by atoms with Crippen LogP contribution in [0.15, 0.2) is 60.7 Å². The second-order valence-electron chi connectivity index (χ2n) is 5.24. The third-order valence-electron chi connectivity index (χ3n) is 3.68. The second-order valence-corrected chi connectivity index (χ2v) is 5.24. The third kappa shape index (κ3) is 2.07. The molecule has 2 aromatic heterocycles. The van der Waals surface area contributed by atoms with Crippen LogP contribution in [-0.2, 0) is 6.54 Å². The molecule has 5 heteroatoms. The Morgan fingerprint density at radius 2 is 1.59 bits per heavy atom. The molecule has 4 rings (SSSR count). The molecule has 0 saturated carbocycles. The minimum absolute atomic E-state index is 0.676. The molecule has 0 aliphatic carbocycles. The fraction of sp³-hybridized carbons (Fsp3) is 0.118. The molecule has 2 heterocycles. The summed E-state index contributed by atoms with van der Waals surface area (Å²) in [5.74, 6) is 0. The van der Waals surface area contributed by atoms with E-state index in [-0.39, 0.29) is 0 Å². The molecule has 108 valence electrons. The number of aryl methyl sites for hydroxylation is 1. The van der Waals surface area contributed by atoms with Gasteiger partial charge in [0, 0.05) is 0 Å². The highest BCUT2D eigenvalue weighted by atomic mass is 15.5. The summed E-state index contributed by atoms with van der Waals surface area (Å²) in [7, 11) is 0. The average molecular weight is 289 g/mol. The fourth-order valence-electron chi connectivity index (χ4n) is 2.61. The fourth-order valence-corrected chi connectivity index (χ4v) is 2.61. The van der Waals surface area contributed by atoms with Crippen molar-refractivity contribution in [1.82, 2.24) is 24.8 Å². The van der Waals surface area contributed by atoms with Gasteiger partial charge in [0.1, 0.15) is 0 Å². The molecular formula is C17H15N5. The third-order valence-corrected chi connectivity index (χ3v) is 3.68. The highest BCUT2D eigenvalue weighted by molar-refractivity contribution is 5.75. The lowest BCUT2D eigenvalue weighted by atomic mass is 10.2. The minimum Gasteiger partial charge on any atom is -0.222 e. The van der Waals surface area contributed by atoms with Crippen LogP contribution < -0.4 is 0 Å². The number of benzene rings is 2. The van der Waals surface area contributed by atoms with Crippen LogP contribution in [0.25, 0.3) is 16.9 Å². The van der Waals surface area contributed by atoms with Crippen LogP contribution in [0.3, 0.4) is 0 Å². The van der Waals surface area contributed by atoms with Gasteiger partial charge in [0.05, 0.1) is 17.9 Å². The van der Waals surface area contributed by atoms with Crippen LogP contribution in [0.1, 0.15) is 11.3 Å². The number of aromatic nitrogens is 5. The van der Waals surface area contributed by atoms with E-state index >= 15 is 0 Å². The topological polar surface area (TPSA) is 48.5 Å². The van der Waals surface area contributed by atoms with Crippen molar-refractivity contribution in [3.63, 3.8) is 0 Å². The molecule has 0 fully saturated rings. The van der Waals surface area contributed by atoms with Gasteiger partial charge in [-0.15, -0.1) is 5.10 Å². The number of fused-ring (bicyclic) bond motifs is 1. The van der Waals surface area contributed by atoms with Crippen molar-refractivity contribution < 1.29 is 0 Å². The summed E-state index contributed by atoms with van der Waals surface area (Å²) in [6.45, 7) is 2.64. The molecule has 0 bridgehead atoms. The van der Waals surface area contributed by atoms with Gasteiger partial charge in [-0.3, -0.25) is 0 Å². The Bertz CT molecular complexity index is 906. The maximum absolute atomic E-state index is 4.62. The van der Waals surface area contributed by atoms with Crippen LogP contribution in [0.4, 0.5) is 0 Å². The van der Waals surface area contributed by atoms with E-state index in [4.69, 9.17) is 0 Å². The summed E-state index contributed by atoms with van der Waals surface area (Å²) >= 11 is 0. The first kappa shape index (κ1) is 12.8. The minimum atomic E-state index is 0.676. The SMILES string of the molecule is Cc1nn(-c2ccccc2)c2c1nnn2Cc1ccccc1. The lowest BCUT2D eigenvalue weighted by Gasteiger charge is -2.06. The van der Waals surface area contributed by atoms with E-state index in [9.17, 15) is 0 Å². The molecule has 0 aliphatic rings.